The Labute approximate surface area is 113 Å². The van der Waals surface area contributed by atoms with E-state index in [1.807, 2.05) is 4.68 Å². The summed E-state index contributed by atoms with van der Waals surface area (Å²) in [6, 6.07) is 0.395. The molecule has 0 unspecified atom stereocenters. The molecule has 0 N–H and O–H groups in total. The van der Waals surface area contributed by atoms with Crippen LogP contribution in [0, 0.1) is 0 Å². The van der Waals surface area contributed by atoms with Crippen molar-refractivity contribution < 1.29 is 4.79 Å². The van der Waals surface area contributed by atoms with Crippen LogP contribution in [0.1, 0.15) is 79.4 Å². The second kappa shape index (κ2) is 5.04. The summed E-state index contributed by atoms with van der Waals surface area (Å²) in [7, 11) is 0. The highest BCUT2D eigenvalue weighted by Crippen LogP contribution is 2.43. The molecule has 1 aromatic heterocycles. The van der Waals surface area contributed by atoms with E-state index in [-0.39, 0.29) is 0 Å². The molecule has 98 valence electrons. The third kappa shape index (κ3) is 2.20. The lowest BCUT2D eigenvalue weighted by Gasteiger charge is -2.15. The fourth-order valence-electron chi connectivity index (χ4n) is 2.95. The summed E-state index contributed by atoms with van der Waals surface area (Å²) in [6.45, 7) is 0. The minimum atomic E-state index is 0.395. The fraction of sp³-hybridized carbons (Fsp3) is 0.714. The van der Waals surface area contributed by atoms with Gasteiger partial charge in [0.1, 0.15) is 5.15 Å². The highest BCUT2D eigenvalue weighted by Gasteiger charge is 2.32. The monoisotopic (exact) mass is 266 g/mol. The Hall–Kier alpha value is -0.830. The van der Waals surface area contributed by atoms with Gasteiger partial charge in [-0.15, -0.1) is 0 Å². The molecule has 0 atom stereocenters. The van der Waals surface area contributed by atoms with Crippen LogP contribution in [0.2, 0.25) is 5.15 Å². The van der Waals surface area contributed by atoms with E-state index in [1.54, 1.807) is 0 Å². The molecule has 1 heterocycles. The van der Waals surface area contributed by atoms with Crippen LogP contribution in [-0.4, -0.2) is 16.1 Å². The number of hydrogen-bond acceptors (Lipinski definition) is 2. The zero-order chi connectivity index (χ0) is 12.5. The van der Waals surface area contributed by atoms with Crippen LogP contribution in [0.15, 0.2) is 0 Å². The molecule has 3 rings (SSSR count). The zero-order valence-electron chi connectivity index (χ0n) is 10.6. The number of rotatable bonds is 3. The number of carbonyl (C=O) groups excluding carboxylic acids is 1. The summed E-state index contributed by atoms with van der Waals surface area (Å²) < 4.78 is 1.93. The van der Waals surface area contributed by atoms with Gasteiger partial charge >= 0.3 is 0 Å². The largest absolute Gasteiger partial charge is 0.298 e. The van der Waals surface area contributed by atoms with Crippen molar-refractivity contribution in [1.29, 1.82) is 0 Å². The molecule has 0 bridgehead atoms. The first kappa shape index (κ1) is 12.2. The van der Waals surface area contributed by atoms with Gasteiger partial charge in [-0.25, -0.2) is 4.68 Å². The van der Waals surface area contributed by atoms with Crippen LogP contribution < -0.4 is 0 Å². The van der Waals surface area contributed by atoms with E-state index in [0.717, 1.165) is 37.7 Å². The molecule has 0 spiro atoms. The summed E-state index contributed by atoms with van der Waals surface area (Å²) in [4.78, 5) is 11.2. The van der Waals surface area contributed by atoms with Crippen molar-refractivity contribution in [1.82, 2.24) is 9.78 Å². The highest BCUT2D eigenvalue weighted by atomic mass is 35.5. The number of aldehydes is 1. The first-order valence-electron chi connectivity index (χ1n) is 7.04. The molecule has 0 saturated heterocycles. The lowest BCUT2D eigenvalue weighted by Crippen LogP contribution is -2.10. The molecular formula is C14H19ClN2O. The number of aromatic nitrogens is 2. The van der Waals surface area contributed by atoms with Crippen LogP contribution in [0.3, 0.4) is 0 Å². The Bertz CT molecular complexity index is 443. The molecule has 0 aliphatic heterocycles. The van der Waals surface area contributed by atoms with Crippen LogP contribution in [0.5, 0.6) is 0 Å². The molecule has 0 aromatic carbocycles. The second-order valence-electron chi connectivity index (χ2n) is 5.57. The Kier molecular flexibility index (Phi) is 3.42. The van der Waals surface area contributed by atoms with E-state index in [0.29, 0.717) is 22.7 Å². The third-order valence-electron chi connectivity index (χ3n) is 4.17. The van der Waals surface area contributed by atoms with Gasteiger partial charge in [-0.1, -0.05) is 37.3 Å². The van der Waals surface area contributed by atoms with Gasteiger partial charge < -0.3 is 0 Å². The van der Waals surface area contributed by atoms with E-state index in [1.165, 1.54) is 25.7 Å². The average Bonchev–Trinajstić information content (AvgIpc) is 3.18. The molecule has 2 fully saturated rings. The predicted molar refractivity (Wildman–Crippen MR) is 71.3 cm³/mol. The SMILES string of the molecule is O=Cc1c(C2CC2)nn(C2CCCCCC2)c1Cl. The molecule has 2 saturated carbocycles. The molecule has 2 aliphatic carbocycles. The van der Waals surface area contributed by atoms with Gasteiger partial charge in [0.05, 0.1) is 17.3 Å². The molecule has 0 radical (unpaired) electrons. The standard InChI is InChI=1S/C14H19ClN2O/c15-14-12(9-18)13(10-7-8-10)16-17(14)11-5-3-1-2-4-6-11/h9-11H,1-8H2. The molecule has 18 heavy (non-hydrogen) atoms. The molecular weight excluding hydrogens is 248 g/mol. The van der Waals surface area contributed by atoms with Crippen LogP contribution in [0.4, 0.5) is 0 Å². The average molecular weight is 267 g/mol. The molecule has 0 amide bonds. The van der Waals surface area contributed by atoms with E-state index in [4.69, 9.17) is 11.6 Å². The van der Waals surface area contributed by atoms with E-state index in [9.17, 15) is 4.79 Å². The quantitative estimate of drug-likeness (QED) is 0.609. The third-order valence-corrected chi connectivity index (χ3v) is 4.54. The predicted octanol–water partition coefficient (Wildman–Crippen LogP) is 4.12. The van der Waals surface area contributed by atoms with Gasteiger partial charge in [-0.2, -0.15) is 5.10 Å². The minimum Gasteiger partial charge on any atom is -0.298 e. The first-order chi connectivity index (χ1) is 8.81. The van der Waals surface area contributed by atoms with Crippen molar-refractivity contribution in [3.63, 3.8) is 0 Å². The van der Waals surface area contributed by atoms with Gasteiger partial charge in [-0.3, -0.25) is 4.79 Å². The van der Waals surface area contributed by atoms with Crippen molar-refractivity contribution in [2.75, 3.05) is 0 Å². The second-order valence-corrected chi connectivity index (χ2v) is 5.93. The van der Waals surface area contributed by atoms with Crippen molar-refractivity contribution >= 4 is 17.9 Å². The normalized spacial score (nSPS) is 21.8. The highest BCUT2D eigenvalue weighted by molar-refractivity contribution is 6.32. The summed E-state index contributed by atoms with van der Waals surface area (Å²) in [5.74, 6) is 0.481. The van der Waals surface area contributed by atoms with Gasteiger partial charge in [0, 0.05) is 5.92 Å². The molecule has 4 heteroatoms. The maximum absolute atomic E-state index is 11.2. The summed E-state index contributed by atoms with van der Waals surface area (Å²) in [5.41, 5.74) is 1.59. The summed E-state index contributed by atoms with van der Waals surface area (Å²) in [5, 5.41) is 5.23. The molecule has 1 aromatic rings. The number of halogens is 1. The Morgan fingerprint density at radius 2 is 1.78 bits per heavy atom. The maximum atomic E-state index is 11.2. The Morgan fingerprint density at radius 1 is 1.11 bits per heavy atom. The first-order valence-corrected chi connectivity index (χ1v) is 7.42. The summed E-state index contributed by atoms with van der Waals surface area (Å²) >= 11 is 6.36. The lowest BCUT2D eigenvalue weighted by molar-refractivity contribution is 0.112. The molecule has 2 aliphatic rings. The van der Waals surface area contributed by atoms with E-state index in [2.05, 4.69) is 5.10 Å². The van der Waals surface area contributed by atoms with Gasteiger partial charge in [-0.05, 0) is 25.7 Å². The van der Waals surface area contributed by atoms with E-state index >= 15 is 0 Å². The number of carbonyl (C=O) groups is 1. The summed E-state index contributed by atoms with van der Waals surface area (Å²) in [6.07, 6.45) is 10.6. The van der Waals surface area contributed by atoms with Crippen LogP contribution in [-0.2, 0) is 0 Å². The van der Waals surface area contributed by atoms with Crippen molar-refractivity contribution in [3.05, 3.63) is 16.4 Å². The van der Waals surface area contributed by atoms with Gasteiger partial charge in [0.25, 0.3) is 0 Å². The lowest BCUT2D eigenvalue weighted by atomic mass is 10.1. The van der Waals surface area contributed by atoms with Crippen LogP contribution in [0.25, 0.3) is 0 Å². The Morgan fingerprint density at radius 3 is 2.33 bits per heavy atom. The smallest absolute Gasteiger partial charge is 0.155 e. The van der Waals surface area contributed by atoms with Crippen molar-refractivity contribution in [3.8, 4) is 0 Å². The fourth-order valence-corrected chi connectivity index (χ4v) is 3.27. The van der Waals surface area contributed by atoms with Crippen molar-refractivity contribution in [2.45, 2.75) is 63.3 Å². The Balaban J connectivity index is 1.92. The zero-order valence-corrected chi connectivity index (χ0v) is 11.3. The van der Waals surface area contributed by atoms with Gasteiger partial charge in [0.15, 0.2) is 6.29 Å². The van der Waals surface area contributed by atoms with Crippen LogP contribution >= 0.6 is 11.6 Å². The number of nitrogens with zero attached hydrogens (tertiary/aromatic N) is 2. The number of hydrogen-bond donors (Lipinski definition) is 0. The van der Waals surface area contributed by atoms with E-state index < -0.39 is 0 Å². The molecule has 3 nitrogen and oxygen atoms in total. The minimum absolute atomic E-state index is 0.395. The van der Waals surface area contributed by atoms with Crippen molar-refractivity contribution in [2.24, 2.45) is 0 Å². The topological polar surface area (TPSA) is 34.9 Å². The van der Waals surface area contributed by atoms with Gasteiger partial charge in [0.2, 0.25) is 0 Å². The maximum Gasteiger partial charge on any atom is 0.155 e.